The second-order valence-electron chi connectivity index (χ2n) is 6.98. The van der Waals surface area contributed by atoms with Gasteiger partial charge in [-0.15, -0.1) is 11.8 Å². The summed E-state index contributed by atoms with van der Waals surface area (Å²) in [6.07, 6.45) is 1.28. The first kappa shape index (κ1) is 15.9. The van der Waals surface area contributed by atoms with Crippen LogP contribution < -0.4 is 0 Å². The Morgan fingerprint density at radius 2 is 1.85 bits per heavy atom. The van der Waals surface area contributed by atoms with Gasteiger partial charge < -0.3 is 0 Å². The first-order valence-electron chi connectivity index (χ1n) is 7.98. The number of aryl methyl sites for hydroxylation is 1. The second-order valence-corrected chi connectivity index (χ2v) is 8.77. The van der Waals surface area contributed by atoms with Gasteiger partial charge in [-0.3, -0.25) is 4.98 Å². The predicted molar refractivity (Wildman–Crippen MR) is 90.7 cm³/mol. The van der Waals surface area contributed by atoms with Gasteiger partial charge in [0, 0.05) is 16.2 Å². The first-order chi connectivity index (χ1) is 9.31. The number of nitrogens with zero attached hydrogens (tertiary/aromatic N) is 1. The molecule has 1 nitrogen and oxygen atoms in total. The Balaban J connectivity index is 2.67. The Hall–Kier alpha value is -0.500. The standard InChI is InChI=1S/C18H29NS/c1-10(2)15-8-12(5)19-18-14(7)20-13(6)9-16(11(3)4)17(15)18/h8,10-11,13-14,16H,9H2,1-7H3/t13-,14+,16?/m1/s1. The number of rotatable bonds is 2. The molecule has 1 unspecified atom stereocenters. The van der Waals surface area contributed by atoms with Crippen LogP contribution >= 0.6 is 11.8 Å². The van der Waals surface area contributed by atoms with E-state index in [1.54, 1.807) is 5.56 Å². The maximum atomic E-state index is 4.94. The summed E-state index contributed by atoms with van der Waals surface area (Å²) in [6, 6.07) is 2.33. The molecule has 0 spiro atoms. The molecular formula is C18H29NS. The molecule has 112 valence electrons. The number of fused-ring (bicyclic) bond motifs is 1. The van der Waals surface area contributed by atoms with E-state index in [-0.39, 0.29) is 0 Å². The Morgan fingerprint density at radius 3 is 2.40 bits per heavy atom. The molecule has 2 heteroatoms. The fourth-order valence-corrected chi connectivity index (χ4v) is 4.80. The zero-order chi connectivity index (χ0) is 15.0. The lowest BCUT2D eigenvalue weighted by molar-refractivity contribution is 0.462. The Morgan fingerprint density at radius 1 is 1.20 bits per heavy atom. The second kappa shape index (κ2) is 6.09. The molecule has 3 atom stereocenters. The molecule has 1 aliphatic rings. The van der Waals surface area contributed by atoms with Crippen LogP contribution in [0.4, 0.5) is 0 Å². The van der Waals surface area contributed by atoms with Crippen molar-refractivity contribution in [3.05, 3.63) is 28.6 Å². The number of pyridine rings is 1. The highest BCUT2D eigenvalue weighted by Gasteiger charge is 2.32. The van der Waals surface area contributed by atoms with Crippen molar-refractivity contribution < 1.29 is 0 Å². The minimum Gasteiger partial charge on any atom is -0.257 e. The maximum absolute atomic E-state index is 4.94. The zero-order valence-corrected chi connectivity index (χ0v) is 14.8. The van der Waals surface area contributed by atoms with E-state index in [0.29, 0.717) is 28.3 Å². The van der Waals surface area contributed by atoms with Crippen molar-refractivity contribution >= 4 is 11.8 Å². The quantitative estimate of drug-likeness (QED) is 0.679. The normalized spacial score (nSPS) is 26.8. The highest BCUT2D eigenvalue weighted by molar-refractivity contribution is 8.00. The van der Waals surface area contributed by atoms with Crippen molar-refractivity contribution in [2.45, 2.75) is 77.2 Å². The third kappa shape index (κ3) is 3.05. The minimum absolute atomic E-state index is 0.515. The lowest BCUT2D eigenvalue weighted by Crippen LogP contribution is -2.15. The third-order valence-corrected chi connectivity index (χ3v) is 5.74. The van der Waals surface area contributed by atoms with Crippen LogP contribution in [-0.2, 0) is 0 Å². The molecule has 0 fully saturated rings. The lowest BCUT2D eigenvalue weighted by atomic mass is 9.79. The van der Waals surface area contributed by atoms with E-state index in [9.17, 15) is 0 Å². The van der Waals surface area contributed by atoms with Gasteiger partial charge in [0.1, 0.15) is 0 Å². The van der Waals surface area contributed by atoms with Crippen LogP contribution in [0.2, 0.25) is 0 Å². The largest absolute Gasteiger partial charge is 0.257 e. The van der Waals surface area contributed by atoms with Gasteiger partial charge in [-0.05, 0) is 55.2 Å². The average Bonchev–Trinajstić information content (AvgIpc) is 2.46. The predicted octanol–water partition coefficient (Wildman–Crippen LogP) is 5.84. The van der Waals surface area contributed by atoms with Gasteiger partial charge in [0.15, 0.2) is 0 Å². The van der Waals surface area contributed by atoms with Gasteiger partial charge in [-0.25, -0.2) is 0 Å². The Bertz CT molecular complexity index is 479. The molecule has 0 amide bonds. The molecule has 1 aromatic heterocycles. The van der Waals surface area contributed by atoms with Gasteiger partial charge in [0.05, 0.1) is 5.69 Å². The molecule has 0 bridgehead atoms. The lowest BCUT2D eigenvalue weighted by Gasteiger charge is -2.27. The molecule has 0 saturated heterocycles. The van der Waals surface area contributed by atoms with Crippen LogP contribution in [0.15, 0.2) is 6.07 Å². The van der Waals surface area contributed by atoms with E-state index < -0.39 is 0 Å². The van der Waals surface area contributed by atoms with Gasteiger partial charge in [0.25, 0.3) is 0 Å². The summed E-state index contributed by atoms with van der Waals surface area (Å²) in [4.78, 5) is 4.94. The fourth-order valence-electron chi connectivity index (χ4n) is 3.47. The summed E-state index contributed by atoms with van der Waals surface area (Å²) >= 11 is 2.09. The molecule has 20 heavy (non-hydrogen) atoms. The fraction of sp³-hybridized carbons (Fsp3) is 0.722. The maximum Gasteiger partial charge on any atom is 0.0571 e. The van der Waals surface area contributed by atoms with Crippen LogP contribution in [0.3, 0.4) is 0 Å². The van der Waals surface area contributed by atoms with Crippen molar-refractivity contribution in [1.82, 2.24) is 4.98 Å². The number of aromatic nitrogens is 1. The molecule has 0 saturated carbocycles. The molecule has 0 radical (unpaired) electrons. The zero-order valence-electron chi connectivity index (χ0n) is 14.0. The number of hydrogen-bond acceptors (Lipinski definition) is 2. The van der Waals surface area contributed by atoms with E-state index >= 15 is 0 Å². The molecule has 1 aromatic rings. The van der Waals surface area contributed by atoms with Gasteiger partial charge >= 0.3 is 0 Å². The SMILES string of the molecule is Cc1cc(C(C)C)c2c(n1)[C@H](C)S[C@H](C)CC2C(C)C. The third-order valence-electron chi connectivity index (χ3n) is 4.45. The van der Waals surface area contributed by atoms with Crippen molar-refractivity contribution in [3.8, 4) is 0 Å². The summed E-state index contributed by atoms with van der Waals surface area (Å²) in [6.45, 7) is 16.2. The average molecular weight is 292 g/mol. The van der Waals surface area contributed by atoms with E-state index in [2.05, 4.69) is 66.3 Å². The molecule has 2 rings (SSSR count). The Labute approximate surface area is 129 Å². The van der Waals surface area contributed by atoms with E-state index in [4.69, 9.17) is 4.98 Å². The molecule has 2 heterocycles. The van der Waals surface area contributed by atoms with E-state index in [0.717, 1.165) is 0 Å². The van der Waals surface area contributed by atoms with Gasteiger partial charge in [-0.1, -0.05) is 34.6 Å². The number of thioether (sulfide) groups is 1. The summed E-state index contributed by atoms with van der Waals surface area (Å²) in [7, 11) is 0. The van der Waals surface area contributed by atoms with Crippen LogP contribution in [0, 0.1) is 12.8 Å². The van der Waals surface area contributed by atoms with Crippen molar-refractivity contribution in [2.75, 3.05) is 0 Å². The highest BCUT2D eigenvalue weighted by Crippen LogP contribution is 2.47. The van der Waals surface area contributed by atoms with E-state index in [1.165, 1.54) is 23.4 Å². The van der Waals surface area contributed by atoms with Crippen LogP contribution in [0.5, 0.6) is 0 Å². The van der Waals surface area contributed by atoms with Crippen molar-refractivity contribution in [1.29, 1.82) is 0 Å². The number of hydrogen-bond donors (Lipinski definition) is 0. The smallest absolute Gasteiger partial charge is 0.0571 e. The highest BCUT2D eigenvalue weighted by atomic mass is 32.2. The summed E-state index contributed by atoms with van der Waals surface area (Å²) in [5.74, 6) is 1.92. The molecule has 0 aliphatic carbocycles. The topological polar surface area (TPSA) is 12.9 Å². The monoisotopic (exact) mass is 291 g/mol. The molecular weight excluding hydrogens is 262 g/mol. The summed E-state index contributed by atoms with van der Waals surface area (Å²) in [5, 5.41) is 1.23. The minimum atomic E-state index is 0.515. The van der Waals surface area contributed by atoms with Crippen LogP contribution in [0.25, 0.3) is 0 Å². The van der Waals surface area contributed by atoms with Crippen molar-refractivity contribution in [3.63, 3.8) is 0 Å². The Kier molecular flexibility index (Phi) is 4.84. The van der Waals surface area contributed by atoms with Crippen molar-refractivity contribution in [2.24, 2.45) is 5.92 Å². The van der Waals surface area contributed by atoms with E-state index in [1.807, 2.05) is 0 Å². The summed E-state index contributed by atoms with van der Waals surface area (Å²) < 4.78 is 0. The molecule has 0 N–H and O–H groups in total. The molecule has 0 aromatic carbocycles. The first-order valence-corrected chi connectivity index (χ1v) is 8.92. The van der Waals surface area contributed by atoms with Gasteiger partial charge in [-0.2, -0.15) is 0 Å². The van der Waals surface area contributed by atoms with Crippen LogP contribution in [-0.4, -0.2) is 10.2 Å². The summed E-state index contributed by atoms with van der Waals surface area (Å²) in [5.41, 5.74) is 5.65. The van der Waals surface area contributed by atoms with Crippen LogP contribution in [0.1, 0.15) is 87.6 Å². The molecule has 1 aliphatic heterocycles. The van der Waals surface area contributed by atoms with Gasteiger partial charge in [0.2, 0.25) is 0 Å².